The van der Waals surface area contributed by atoms with E-state index in [9.17, 15) is 0 Å². The Labute approximate surface area is 71.6 Å². The van der Waals surface area contributed by atoms with Crippen LogP contribution in [-0.4, -0.2) is 27.1 Å². The molecule has 2 radical (unpaired) electrons. The highest BCUT2D eigenvalue weighted by Crippen LogP contribution is 1.92. The average molecular weight is 154 g/mol. The van der Waals surface area contributed by atoms with Gasteiger partial charge in [0.25, 0.3) is 0 Å². The van der Waals surface area contributed by atoms with Crippen molar-refractivity contribution in [3.05, 3.63) is 0 Å². The van der Waals surface area contributed by atoms with E-state index >= 15 is 0 Å². The molecule has 0 saturated carbocycles. The number of unbranched alkanes of at least 4 members (excludes halogenated alkanes) is 2. The van der Waals surface area contributed by atoms with Crippen LogP contribution < -0.4 is 10.5 Å². The summed E-state index contributed by atoms with van der Waals surface area (Å²) < 4.78 is 0. The molecule has 3 heteroatoms. The molecular weight excluding hydrogens is 135 g/mol. The van der Waals surface area contributed by atoms with Crippen molar-refractivity contribution in [3.63, 3.8) is 0 Å². The van der Waals surface area contributed by atoms with Gasteiger partial charge in [-0.05, 0) is 25.9 Å². The molecular formula is C8H19BN2. The van der Waals surface area contributed by atoms with Gasteiger partial charge in [-0.1, -0.05) is 20.3 Å². The van der Waals surface area contributed by atoms with Crippen LogP contribution in [0, 0.1) is 0 Å². The Morgan fingerprint density at radius 1 is 1.09 bits per heavy atom. The Morgan fingerprint density at radius 2 is 1.73 bits per heavy atom. The Balaban J connectivity index is 2.80. The Morgan fingerprint density at radius 3 is 2.27 bits per heavy atom. The van der Waals surface area contributed by atoms with Crippen molar-refractivity contribution in [1.82, 2.24) is 10.5 Å². The topological polar surface area (TPSA) is 24.1 Å². The maximum atomic E-state index is 5.13. The highest BCUT2D eigenvalue weighted by molar-refractivity contribution is 6.04. The van der Waals surface area contributed by atoms with Crippen LogP contribution in [0.2, 0.25) is 0 Å². The van der Waals surface area contributed by atoms with Gasteiger partial charge in [-0.25, -0.2) is 0 Å². The molecule has 64 valence electrons. The molecule has 0 aliphatic carbocycles. The lowest BCUT2D eigenvalue weighted by atomic mass is 10.2. The van der Waals surface area contributed by atoms with Crippen molar-refractivity contribution in [3.8, 4) is 0 Å². The van der Waals surface area contributed by atoms with E-state index in [4.69, 9.17) is 7.98 Å². The van der Waals surface area contributed by atoms with Gasteiger partial charge in [-0.2, -0.15) is 0 Å². The third-order valence-electron chi connectivity index (χ3n) is 1.55. The van der Waals surface area contributed by atoms with Gasteiger partial charge in [0.05, 0.1) is 0 Å². The summed E-state index contributed by atoms with van der Waals surface area (Å²) in [7, 11) is 5.13. The normalized spacial score (nSPS) is 10.8. The first-order valence-electron chi connectivity index (χ1n) is 4.44. The van der Waals surface area contributed by atoms with Crippen LogP contribution in [-0.2, 0) is 0 Å². The Hall–Kier alpha value is -0.0151. The lowest BCUT2D eigenvalue weighted by molar-refractivity contribution is 0.548. The van der Waals surface area contributed by atoms with Gasteiger partial charge in [-0.15, -0.1) is 0 Å². The summed E-state index contributed by atoms with van der Waals surface area (Å²) >= 11 is 0. The SMILES string of the molecule is [B]NCCCCCNC(C)C. The Kier molecular flexibility index (Phi) is 8.07. The molecule has 0 aromatic heterocycles. The summed E-state index contributed by atoms with van der Waals surface area (Å²) in [6, 6.07) is 0.614. The molecule has 0 aromatic carbocycles. The first kappa shape index (κ1) is 11.0. The van der Waals surface area contributed by atoms with Crippen molar-refractivity contribution < 1.29 is 0 Å². The van der Waals surface area contributed by atoms with Crippen LogP contribution in [0.4, 0.5) is 0 Å². The molecule has 0 rings (SSSR count). The zero-order valence-corrected chi connectivity index (χ0v) is 7.69. The van der Waals surface area contributed by atoms with Crippen molar-refractivity contribution in [2.75, 3.05) is 13.1 Å². The standard InChI is InChI=1S/C8H19BN2/c1-8(2)10-6-4-3-5-7-11-9/h8,10-11H,3-7H2,1-2H3. The van der Waals surface area contributed by atoms with Crippen molar-refractivity contribution in [2.45, 2.75) is 39.2 Å². The first-order chi connectivity index (χ1) is 5.27. The molecule has 2 N–H and O–H groups in total. The number of nitrogens with one attached hydrogen (secondary N) is 2. The first-order valence-corrected chi connectivity index (χ1v) is 4.44. The minimum atomic E-state index is 0.614. The summed E-state index contributed by atoms with van der Waals surface area (Å²) in [6.45, 7) is 6.40. The fraction of sp³-hybridized carbons (Fsp3) is 1.00. The van der Waals surface area contributed by atoms with Gasteiger partial charge < -0.3 is 10.5 Å². The summed E-state index contributed by atoms with van der Waals surface area (Å²) in [5, 5.41) is 6.02. The molecule has 0 fully saturated rings. The van der Waals surface area contributed by atoms with Crippen molar-refractivity contribution >= 4 is 7.98 Å². The molecule has 11 heavy (non-hydrogen) atoms. The van der Waals surface area contributed by atoms with E-state index in [1.165, 1.54) is 19.3 Å². The molecule has 0 atom stereocenters. The molecule has 0 spiro atoms. The zero-order valence-electron chi connectivity index (χ0n) is 7.69. The molecule has 0 aliphatic rings. The van der Waals surface area contributed by atoms with Crippen LogP contribution >= 0.6 is 0 Å². The zero-order chi connectivity index (χ0) is 8.53. The van der Waals surface area contributed by atoms with Crippen molar-refractivity contribution in [2.24, 2.45) is 0 Å². The van der Waals surface area contributed by atoms with E-state index in [0.29, 0.717) is 6.04 Å². The summed E-state index contributed by atoms with van der Waals surface area (Å²) in [4.78, 5) is 0. The summed E-state index contributed by atoms with van der Waals surface area (Å²) in [5.41, 5.74) is 0. The van der Waals surface area contributed by atoms with Crippen LogP contribution in [0.1, 0.15) is 33.1 Å². The van der Waals surface area contributed by atoms with E-state index in [1.54, 1.807) is 0 Å². The van der Waals surface area contributed by atoms with Gasteiger partial charge in [0, 0.05) is 6.04 Å². The summed E-state index contributed by atoms with van der Waals surface area (Å²) in [6.07, 6.45) is 3.68. The van der Waals surface area contributed by atoms with Gasteiger partial charge in [0.2, 0.25) is 0 Å². The summed E-state index contributed by atoms with van der Waals surface area (Å²) in [5.74, 6) is 0. The molecule has 0 saturated heterocycles. The minimum absolute atomic E-state index is 0.614. The fourth-order valence-electron chi connectivity index (χ4n) is 0.920. The maximum absolute atomic E-state index is 5.13. The third-order valence-corrected chi connectivity index (χ3v) is 1.55. The average Bonchev–Trinajstić information content (AvgIpc) is 1.96. The van der Waals surface area contributed by atoms with E-state index in [2.05, 4.69) is 24.4 Å². The second-order valence-corrected chi connectivity index (χ2v) is 3.12. The van der Waals surface area contributed by atoms with E-state index in [0.717, 1.165) is 13.1 Å². The fourth-order valence-corrected chi connectivity index (χ4v) is 0.920. The Bertz CT molecular complexity index is 76.5. The van der Waals surface area contributed by atoms with Gasteiger partial charge >= 0.3 is 0 Å². The number of rotatable bonds is 7. The molecule has 2 nitrogen and oxygen atoms in total. The largest absolute Gasteiger partial charge is 0.366 e. The molecule has 0 heterocycles. The second-order valence-electron chi connectivity index (χ2n) is 3.12. The van der Waals surface area contributed by atoms with E-state index in [-0.39, 0.29) is 0 Å². The number of hydrogen-bond acceptors (Lipinski definition) is 2. The molecule has 0 bridgehead atoms. The predicted molar refractivity (Wildman–Crippen MR) is 50.7 cm³/mol. The second kappa shape index (κ2) is 8.09. The minimum Gasteiger partial charge on any atom is -0.366 e. The van der Waals surface area contributed by atoms with Gasteiger partial charge in [-0.3, -0.25) is 0 Å². The van der Waals surface area contributed by atoms with E-state index < -0.39 is 0 Å². The van der Waals surface area contributed by atoms with Gasteiger partial charge in [0.15, 0.2) is 7.98 Å². The monoisotopic (exact) mass is 154 g/mol. The predicted octanol–water partition coefficient (Wildman–Crippen LogP) is 0.828. The molecule has 0 aromatic rings. The molecule has 0 aliphatic heterocycles. The van der Waals surface area contributed by atoms with Crippen LogP contribution in [0.15, 0.2) is 0 Å². The van der Waals surface area contributed by atoms with Crippen molar-refractivity contribution in [1.29, 1.82) is 0 Å². The smallest absolute Gasteiger partial charge is 0.177 e. The number of hydrogen-bond donors (Lipinski definition) is 2. The molecule has 0 unspecified atom stereocenters. The quantitative estimate of drug-likeness (QED) is 0.419. The highest BCUT2D eigenvalue weighted by atomic mass is 14.9. The highest BCUT2D eigenvalue weighted by Gasteiger charge is 1.91. The van der Waals surface area contributed by atoms with E-state index in [1.807, 2.05) is 0 Å². The third kappa shape index (κ3) is 9.98. The lowest BCUT2D eigenvalue weighted by Crippen LogP contribution is -2.23. The van der Waals surface area contributed by atoms with Crippen LogP contribution in [0.25, 0.3) is 0 Å². The van der Waals surface area contributed by atoms with Gasteiger partial charge in [0.1, 0.15) is 0 Å². The van der Waals surface area contributed by atoms with Crippen LogP contribution in [0.3, 0.4) is 0 Å². The maximum Gasteiger partial charge on any atom is 0.177 e. The lowest BCUT2D eigenvalue weighted by Gasteiger charge is -2.06. The van der Waals surface area contributed by atoms with Crippen LogP contribution in [0.5, 0.6) is 0 Å². The molecule has 0 amide bonds.